The summed E-state index contributed by atoms with van der Waals surface area (Å²) < 4.78 is 0. The number of carbonyl (C=O) groups is 1. The van der Waals surface area contributed by atoms with E-state index in [0.29, 0.717) is 18.4 Å². The first-order valence-electron chi connectivity index (χ1n) is 8.91. The highest BCUT2D eigenvalue weighted by Gasteiger charge is 2.24. The molecule has 25 heavy (non-hydrogen) atoms. The molecule has 0 saturated carbocycles. The zero-order chi connectivity index (χ0) is 18.2. The molecule has 2 rings (SSSR count). The third-order valence-electron chi connectivity index (χ3n) is 4.83. The maximum absolute atomic E-state index is 11.5. The van der Waals surface area contributed by atoms with Gasteiger partial charge in [0.2, 0.25) is 5.91 Å². The first-order valence-corrected chi connectivity index (χ1v) is 9.79. The molecule has 0 bridgehead atoms. The minimum absolute atomic E-state index is 0.144. The number of piperidine rings is 1. The Hall–Kier alpha value is -1.60. The molecular formula is C18H31N5OS. The molecule has 1 atom stereocenters. The molecule has 1 aliphatic rings. The third-order valence-corrected chi connectivity index (χ3v) is 5.80. The van der Waals surface area contributed by atoms with Gasteiger partial charge in [0.25, 0.3) is 0 Å². The summed E-state index contributed by atoms with van der Waals surface area (Å²) in [5, 5.41) is 8.38. The summed E-state index contributed by atoms with van der Waals surface area (Å²) in [6, 6.07) is 4.62. The van der Waals surface area contributed by atoms with Gasteiger partial charge in [-0.25, -0.2) is 0 Å². The molecule has 0 aromatic carbocycles. The Morgan fingerprint density at radius 2 is 2.16 bits per heavy atom. The van der Waals surface area contributed by atoms with Crippen molar-refractivity contribution in [1.29, 1.82) is 0 Å². The Bertz CT molecular complexity index is 550. The molecule has 1 fully saturated rings. The van der Waals surface area contributed by atoms with Gasteiger partial charge in [-0.1, -0.05) is 6.07 Å². The second-order valence-corrected chi connectivity index (χ2v) is 7.71. The Morgan fingerprint density at radius 3 is 2.68 bits per heavy atom. The number of rotatable bonds is 6. The minimum Gasteiger partial charge on any atom is -0.359 e. The van der Waals surface area contributed by atoms with E-state index >= 15 is 0 Å². The SMILES string of the molecule is CN=C(NCC(c1cccs1)N(C)C)N1CCC(CC(=O)NC)CC1. The molecule has 140 valence electrons. The number of nitrogens with one attached hydrogen (secondary N) is 2. The summed E-state index contributed by atoms with van der Waals surface area (Å²) in [7, 11) is 7.77. The number of nitrogens with zero attached hydrogens (tertiary/aromatic N) is 3. The van der Waals surface area contributed by atoms with Crippen LogP contribution >= 0.6 is 11.3 Å². The van der Waals surface area contributed by atoms with E-state index < -0.39 is 0 Å². The molecule has 2 N–H and O–H groups in total. The third kappa shape index (κ3) is 5.71. The van der Waals surface area contributed by atoms with E-state index in [4.69, 9.17) is 0 Å². The van der Waals surface area contributed by atoms with Gasteiger partial charge in [0.15, 0.2) is 5.96 Å². The Kier molecular flexibility index (Phi) is 7.71. The van der Waals surface area contributed by atoms with Crippen LogP contribution in [0.15, 0.2) is 22.5 Å². The molecule has 6 nitrogen and oxygen atoms in total. The van der Waals surface area contributed by atoms with E-state index in [1.165, 1.54) is 4.88 Å². The van der Waals surface area contributed by atoms with E-state index in [1.807, 2.05) is 7.05 Å². The van der Waals surface area contributed by atoms with Gasteiger partial charge in [-0.3, -0.25) is 9.79 Å². The summed E-state index contributed by atoms with van der Waals surface area (Å²) in [6.45, 7) is 2.73. The summed E-state index contributed by atoms with van der Waals surface area (Å²) >= 11 is 1.79. The van der Waals surface area contributed by atoms with Crippen molar-refractivity contribution < 1.29 is 4.79 Å². The summed E-state index contributed by atoms with van der Waals surface area (Å²) in [5.41, 5.74) is 0. The fraction of sp³-hybridized carbons (Fsp3) is 0.667. The fourth-order valence-corrected chi connectivity index (χ4v) is 4.17. The van der Waals surface area contributed by atoms with E-state index in [9.17, 15) is 4.79 Å². The van der Waals surface area contributed by atoms with Crippen LogP contribution in [0.25, 0.3) is 0 Å². The van der Waals surface area contributed by atoms with Crippen molar-refractivity contribution in [3.8, 4) is 0 Å². The Balaban J connectivity index is 1.85. The van der Waals surface area contributed by atoms with E-state index in [2.05, 4.69) is 57.0 Å². The molecule has 1 unspecified atom stereocenters. The highest BCUT2D eigenvalue weighted by molar-refractivity contribution is 7.10. The maximum atomic E-state index is 11.5. The van der Waals surface area contributed by atoms with Crippen LogP contribution in [0.5, 0.6) is 0 Å². The highest BCUT2D eigenvalue weighted by atomic mass is 32.1. The lowest BCUT2D eigenvalue weighted by Gasteiger charge is -2.35. The molecule has 0 aliphatic carbocycles. The predicted molar refractivity (Wildman–Crippen MR) is 105 cm³/mol. The molecule has 7 heteroatoms. The number of amides is 1. The highest BCUT2D eigenvalue weighted by Crippen LogP contribution is 2.23. The lowest BCUT2D eigenvalue weighted by molar-refractivity contribution is -0.121. The monoisotopic (exact) mass is 365 g/mol. The van der Waals surface area contributed by atoms with Crippen LogP contribution in [0.4, 0.5) is 0 Å². The summed E-state index contributed by atoms with van der Waals surface area (Å²) in [5.74, 6) is 1.59. The van der Waals surface area contributed by atoms with Crippen LogP contribution in [0.2, 0.25) is 0 Å². The molecule has 1 aliphatic heterocycles. The largest absolute Gasteiger partial charge is 0.359 e. The number of aliphatic imine (C=N–C) groups is 1. The normalized spacial score (nSPS) is 17.6. The van der Waals surface area contributed by atoms with Crippen LogP contribution in [-0.4, -0.2) is 69.5 Å². The average molecular weight is 366 g/mol. The van der Waals surface area contributed by atoms with E-state index in [-0.39, 0.29) is 5.91 Å². The van der Waals surface area contributed by atoms with Gasteiger partial charge in [-0.2, -0.15) is 0 Å². The second-order valence-electron chi connectivity index (χ2n) is 6.73. The van der Waals surface area contributed by atoms with Crippen molar-refractivity contribution in [2.75, 3.05) is 47.8 Å². The van der Waals surface area contributed by atoms with Crippen molar-refractivity contribution in [2.45, 2.75) is 25.3 Å². The number of likely N-dealkylation sites (tertiary alicyclic amines) is 1. The minimum atomic E-state index is 0.144. The summed E-state index contributed by atoms with van der Waals surface area (Å²) in [6.07, 6.45) is 2.71. The van der Waals surface area contributed by atoms with Gasteiger partial charge in [-0.15, -0.1) is 11.3 Å². The van der Waals surface area contributed by atoms with Crippen molar-refractivity contribution >= 4 is 23.2 Å². The van der Waals surface area contributed by atoms with Crippen LogP contribution < -0.4 is 10.6 Å². The van der Waals surface area contributed by atoms with E-state index in [0.717, 1.165) is 38.4 Å². The van der Waals surface area contributed by atoms with E-state index in [1.54, 1.807) is 18.4 Å². The molecular weight excluding hydrogens is 334 g/mol. The number of carbonyl (C=O) groups excluding carboxylic acids is 1. The number of thiophene rings is 1. The first kappa shape index (κ1) is 19.7. The van der Waals surface area contributed by atoms with Gasteiger partial charge in [0, 0.05) is 45.0 Å². The number of hydrogen-bond acceptors (Lipinski definition) is 4. The molecule has 1 saturated heterocycles. The second kappa shape index (κ2) is 9.77. The van der Waals surface area contributed by atoms with Crippen LogP contribution in [0.3, 0.4) is 0 Å². The molecule has 0 spiro atoms. The van der Waals surface area contributed by atoms with Gasteiger partial charge in [-0.05, 0) is 44.3 Å². The lowest BCUT2D eigenvalue weighted by Crippen LogP contribution is -2.47. The topological polar surface area (TPSA) is 60.0 Å². The quantitative estimate of drug-likeness (QED) is 0.596. The Morgan fingerprint density at radius 1 is 1.44 bits per heavy atom. The van der Waals surface area contributed by atoms with Gasteiger partial charge in [0.1, 0.15) is 0 Å². The fourth-order valence-electron chi connectivity index (χ4n) is 3.25. The molecule has 2 heterocycles. The molecule has 0 radical (unpaired) electrons. The maximum Gasteiger partial charge on any atom is 0.220 e. The van der Waals surface area contributed by atoms with Crippen molar-refractivity contribution in [2.24, 2.45) is 10.9 Å². The molecule has 1 amide bonds. The summed E-state index contributed by atoms with van der Waals surface area (Å²) in [4.78, 5) is 21.9. The first-order chi connectivity index (χ1) is 12.0. The standard InChI is InChI=1S/C18H31N5OS/c1-19-17(24)12-14-7-9-23(10-8-14)18(20-2)21-13-15(22(3)4)16-6-5-11-25-16/h5-6,11,14-15H,7-10,12-13H2,1-4H3,(H,19,24)(H,20,21). The lowest BCUT2D eigenvalue weighted by atomic mass is 9.93. The smallest absolute Gasteiger partial charge is 0.220 e. The van der Waals surface area contributed by atoms with Crippen molar-refractivity contribution in [3.05, 3.63) is 22.4 Å². The van der Waals surface area contributed by atoms with Crippen LogP contribution in [-0.2, 0) is 4.79 Å². The number of likely N-dealkylation sites (N-methyl/N-ethyl adjacent to an activating group) is 1. The van der Waals surface area contributed by atoms with Gasteiger partial charge < -0.3 is 20.4 Å². The number of guanidine groups is 1. The van der Waals surface area contributed by atoms with Crippen molar-refractivity contribution in [1.82, 2.24) is 20.4 Å². The zero-order valence-corrected chi connectivity index (χ0v) is 16.6. The predicted octanol–water partition coefficient (Wildman–Crippen LogP) is 1.77. The number of hydrogen-bond donors (Lipinski definition) is 2. The Labute approximate surface area is 155 Å². The molecule has 1 aromatic heterocycles. The van der Waals surface area contributed by atoms with Gasteiger partial charge >= 0.3 is 0 Å². The van der Waals surface area contributed by atoms with Crippen molar-refractivity contribution in [3.63, 3.8) is 0 Å². The van der Waals surface area contributed by atoms with Gasteiger partial charge in [0.05, 0.1) is 6.04 Å². The average Bonchev–Trinajstić information content (AvgIpc) is 3.13. The molecule has 1 aromatic rings. The van der Waals surface area contributed by atoms with Crippen LogP contribution in [0, 0.1) is 5.92 Å². The zero-order valence-electron chi connectivity index (χ0n) is 15.8. The van der Waals surface area contributed by atoms with Crippen LogP contribution in [0.1, 0.15) is 30.2 Å².